The van der Waals surface area contributed by atoms with Crippen LogP contribution in [0.4, 0.5) is 0 Å². The quantitative estimate of drug-likeness (QED) is 0.764. The molecule has 2 aromatic rings. The molecule has 0 bridgehead atoms. The number of hydrogen-bond acceptors (Lipinski definition) is 3. The summed E-state index contributed by atoms with van der Waals surface area (Å²) in [5.41, 5.74) is 0. The van der Waals surface area contributed by atoms with Gasteiger partial charge in [-0.1, -0.05) is 41.5 Å². The topological polar surface area (TPSA) is 31.4 Å². The van der Waals surface area contributed by atoms with Gasteiger partial charge in [0.05, 0.1) is 0 Å². The minimum absolute atomic E-state index is 0.132. The molecule has 0 amide bonds. The molecule has 1 heterocycles. The summed E-state index contributed by atoms with van der Waals surface area (Å²) in [6, 6.07) is 6.08. The van der Waals surface area contributed by atoms with Crippen LogP contribution in [0.2, 0.25) is 10.1 Å². The second-order valence-electron chi connectivity index (χ2n) is 7.43. The maximum Gasteiger partial charge on any atom is 0.316 e. The first-order valence-electron chi connectivity index (χ1n) is 7.40. The van der Waals surface area contributed by atoms with E-state index in [0.29, 0.717) is 19.5 Å². The third-order valence-electron chi connectivity index (χ3n) is 2.64. The van der Waals surface area contributed by atoms with Crippen molar-refractivity contribution in [2.75, 3.05) is 0 Å². The van der Waals surface area contributed by atoms with E-state index in [0.717, 1.165) is 22.3 Å². The van der Waals surface area contributed by atoms with Crippen LogP contribution in [0.3, 0.4) is 0 Å². The zero-order valence-corrected chi connectivity index (χ0v) is 16.2. The molecule has 3 nitrogen and oxygen atoms in total. The summed E-state index contributed by atoms with van der Waals surface area (Å²) in [5.74, 6) is 1.63. The summed E-state index contributed by atoms with van der Waals surface area (Å²) in [6.07, 6.45) is 3.66. The summed E-state index contributed by atoms with van der Waals surface area (Å²) >= 11 is 0. The van der Waals surface area contributed by atoms with Crippen molar-refractivity contribution in [1.82, 2.24) is 4.98 Å². The van der Waals surface area contributed by atoms with E-state index >= 15 is 0 Å². The molecule has 0 saturated heterocycles. The fourth-order valence-corrected chi connectivity index (χ4v) is 2.82. The van der Waals surface area contributed by atoms with Crippen LogP contribution in [0.15, 0.2) is 30.6 Å². The molecule has 0 atom stereocenters. The number of nitrogens with zero attached hydrogens (tertiary/aromatic N) is 1. The van der Waals surface area contributed by atoms with Crippen molar-refractivity contribution in [3.63, 3.8) is 0 Å². The summed E-state index contributed by atoms with van der Waals surface area (Å²) in [5, 5.41) is 2.46. The van der Waals surface area contributed by atoms with Crippen molar-refractivity contribution in [1.29, 1.82) is 0 Å². The Morgan fingerprint density at radius 2 is 1.32 bits per heavy atom. The van der Waals surface area contributed by atoms with Crippen LogP contribution < -0.4 is 8.85 Å². The molecule has 4 radical (unpaired) electrons. The van der Waals surface area contributed by atoms with Crippen LogP contribution >= 0.6 is 0 Å². The Morgan fingerprint density at radius 3 is 1.82 bits per heavy atom. The first kappa shape index (κ1) is 17.0. The number of rotatable bonds is 4. The van der Waals surface area contributed by atoms with Crippen LogP contribution in [-0.2, 0) is 0 Å². The van der Waals surface area contributed by atoms with Gasteiger partial charge in [-0.3, -0.25) is 4.98 Å². The van der Waals surface area contributed by atoms with Gasteiger partial charge in [-0.2, -0.15) is 0 Å². The standard InChI is InChI=1S/C17H23NO2Si2/c1-16(2,3)21-19-14-9-12-7-8-18-11-13(12)10-15(14)20-22-17(4,5)6/h7-11H,1-6H3. The number of fused-ring (bicyclic) bond motifs is 1. The Hall–Kier alpha value is -1.34. The highest BCUT2D eigenvalue weighted by Crippen LogP contribution is 2.35. The minimum Gasteiger partial charge on any atom is -0.538 e. The molecular formula is C17H23NO2Si2. The molecule has 0 N–H and O–H groups in total. The van der Waals surface area contributed by atoms with Crippen molar-refractivity contribution in [2.24, 2.45) is 0 Å². The van der Waals surface area contributed by atoms with Crippen molar-refractivity contribution in [3.05, 3.63) is 30.6 Å². The summed E-state index contributed by atoms with van der Waals surface area (Å²) in [4.78, 5) is 4.19. The SMILES string of the molecule is CC(C)(C)[Si]Oc1cc2ccncc2cc1O[Si]C(C)(C)C. The predicted molar refractivity (Wildman–Crippen MR) is 93.9 cm³/mol. The first-order valence-corrected chi connectivity index (χ1v) is 9.21. The molecule has 2 rings (SSSR count). The third-order valence-corrected chi connectivity index (χ3v) is 4.51. The third kappa shape index (κ3) is 5.14. The smallest absolute Gasteiger partial charge is 0.316 e. The fourth-order valence-electron chi connectivity index (χ4n) is 1.67. The van der Waals surface area contributed by atoms with Gasteiger partial charge in [-0.05, 0) is 33.7 Å². The lowest BCUT2D eigenvalue weighted by Gasteiger charge is -2.21. The summed E-state index contributed by atoms with van der Waals surface area (Å²) in [7, 11) is 0.765. The maximum atomic E-state index is 6.06. The Balaban J connectivity index is 2.32. The highest BCUT2D eigenvalue weighted by atomic mass is 28.2. The molecule has 0 spiro atoms. The second-order valence-corrected chi connectivity index (χ2v) is 11.2. The zero-order chi connectivity index (χ0) is 16.4. The van der Waals surface area contributed by atoms with Crippen molar-refractivity contribution < 1.29 is 8.85 Å². The van der Waals surface area contributed by atoms with Crippen molar-refractivity contribution >= 4 is 30.3 Å². The largest absolute Gasteiger partial charge is 0.538 e. The van der Waals surface area contributed by atoms with E-state index in [1.807, 2.05) is 18.3 Å². The average Bonchev–Trinajstić information content (AvgIpc) is 2.40. The molecule has 22 heavy (non-hydrogen) atoms. The van der Waals surface area contributed by atoms with Gasteiger partial charge in [0.15, 0.2) is 0 Å². The molecule has 0 aliphatic heterocycles. The Labute approximate surface area is 138 Å². The molecule has 1 aromatic heterocycles. The molecule has 0 aliphatic carbocycles. The van der Waals surface area contributed by atoms with Crippen LogP contribution in [0, 0.1) is 0 Å². The highest BCUT2D eigenvalue weighted by molar-refractivity contribution is 6.34. The van der Waals surface area contributed by atoms with E-state index in [1.54, 1.807) is 6.20 Å². The Bertz CT molecular complexity index is 589. The lowest BCUT2D eigenvalue weighted by Crippen LogP contribution is -2.18. The molecule has 0 saturated carbocycles. The van der Waals surface area contributed by atoms with Gasteiger partial charge < -0.3 is 8.85 Å². The molecule has 0 unspecified atom stereocenters. The van der Waals surface area contributed by atoms with Crippen LogP contribution in [0.1, 0.15) is 41.5 Å². The number of hydrogen-bond donors (Lipinski definition) is 0. The van der Waals surface area contributed by atoms with E-state index in [4.69, 9.17) is 8.85 Å². The first-order chi connectivity index (χ1) is 10.1. The number of aromatic nitrogens is 1. The highest BCUT2D eigenvalue weighted by Gasteiger charge is 2.20. The average molecular weight is 330 g/mol. The number of benzene rings is 1. The van der Waals surface area contributed by atoms with Crippen LogP contribution in [0.5, 0.6) is 11.5 Å². The van der Waals surface area contributed by atoms with Crippen LogP contribution in [0.25, 0.3) is 10.8 Å². The number of pyridine rings is 1. The predicted octanol–water partition coefficient (Wildman–Crippen LogP) is 4.67. The maximum absolute atomic E-state index is 6.06. The van der Waals surface area contributed by atoms with Gasteiger partial charge in [0, 0.05) is 17.8 Å². The fraction of sp³-hybridized carbons (Fsp3) is 0.471. The van der Waals surface area contributed by atoms with E-state index in [9.17, 15) is 0 Å². The van der Waals surface area contributed by atoms with Gasteiger partial charge in [-0.25, -0.2) is 0 Å². The monoisotopic (exact) mass is 329 g/mol. The normalized spacial score (nSPS) is 12.5. The van der Waals surface area contributed by atoms with Crippen LogP contribution in [-0.4, -0.2) is 24.5 Å². The van der Waals surface area contributed by atoms with E-state index in [2.05, 4.69) is 52.6 Å². The molecule has 0 aliphatic rings. The molecule has 116 valence electrons. The second kappa shape index (κ2) is 6.42. The summed E-state index contributed by atoms with van der Waals surface area (Å²) in [6.45, 7) is 13.0. The van der Waals surface area contributed by atoms with Gasteiger partial charge in [0.25, 0.3) is 0 Å². The molecule has 0 fully saturated rings. The summed E-state index contributed by atoms with van der Waals surface area (Å²) < 4.78 is 12.1. The van der Waals surface area contributed by atoms with Crippen molar-refractivity contribution in [2.45, 2.75) is 51.6 Å². The van der Waals surface area contributed by atoms with E-state index in [1.165, 1.54) is 0 Å². The van der Waals surface area contributed by atoms with Gasteiger partial charge >= 0.3 is 19.5 Å². The van der Waals surface area contributed by atoms with Gasteiger partial charge in [0.1, 0.15) is 11.5 Å². The molecular weight excluding hydrogens is 306 g/mol. The Morgan fingerprint density at radius 1 is 0.818 bits per heavy atom. The minimum atomic E-state index is 0.132. The lowest BCUT2D eigenvalue weighted by atomic mass is 10.1. The van der Waals surface area contributed by atoms with Gasteiger partial charge in [-0.15, -0.1) is 0 Å². The molecule has 1 aromatic carbocycles. The molecule has 5 heteroatoms. The Kier molecular flexibility index (Phi) is 4.97. The van der Waals surface area contributed by atoms with Crippen molar-refractivity contribution in [3.8, 4) is 11.5 Å². The lowest BCUT2D eigenvalue weighted by molar-refractivity contribution is 0.488. The van der Waals surface area contributed by atoms with Gasteiger partial charge in [0.2, 0.25) is 0 Å². The van der Waals surface area contributed by atoms with E-state index in [-0.39, 0.29) is 10.1 Å². The zero-order valence-electron chi connectivity index (χ0n) is 14.2. The van der Waals surface area contributed by atoms with E-state index < -0.39 is 0 Å².